The summed E-state index contributed by atoms with van der Waals surface area (Å²) in [6.07, 6.45) is 5.59. The molecule has 1 N–H and O–H groups in total. The van der Waals surface area contributed by atoms with Crippen LogP contribution in [0.25, 0.3) is 10.9 Å². The van der Waals surface area contributed by atoms with E-state index in [0.717, 1.165) is 46.8 Å². The Morgan fingerprint density at radius 3 is 3.05 bits per heavy atom. The van der Waals surface area contributed by atoms with Crippen LogP contribution in [-0.4, -0.2) is 28.1 Å². The van der Waals surface area contributed by atoms with Gasteiger partial charge in [-0.1, -0.05) is 11.6 Å². The van der Waals surface area contributed by atoms with Crippen molar-refractivity contribution in [2.24, 2.45) is 0 Å². The van der Waals surface area contributed by atoms with Crippen molar-refractivity contribution in [3.05, 3.63) is 27.3 Å². The molecular weight excluding hydrogens is 344 g/mol. The minimum absolute atomic E-state index is 0.00657. The second kappa shape index (κ2) is 6.02. The van der Waals surface area contributed by atoms with Gasteiger partial charge >= 0.3 is 0 Å². The Bertz CT molecular complexity index is 623. The van der Waals surface area contributed by atoms with Gasteiger partial charge in [0.25, 0.3) is 0 Å². The zero-order valence-corrected chi connectivity index (χ0v) is 13.3. The Hall–Kier alpha value is -0.620. The van der Waals surface area contributed by atoms with E-state index in [1.807, 2.05) is 16.9 Å². The summed E-state index contributed by atoms with van der Waals surface area (Å²) in [7, 11) is 0. The van der Waals surface area contributed by atoms with Gasteiger partial charge in [-0.15, -0.1) is 0 Å². The minimum Gasteiger partial charge on any atom is -0.396 e. The summed E-state index contributed by atoms with van der Waals surface area (Å²) in [6, 6.07) is 1.91. The summed E-state index contributed by atoms with van der Waals surface area (Å²) in [4.78, 5) is 0. The quantitative estimate of drug-likeness (QED) is 0.909. The predicted octanol–water partition coefficient (Wildman–Crippen LogP) is 3.69. The lowest BCUT2D eigenvalue weighted by Gasteiger charge is -2.23. The fraction of sp³-hybridized carbons (Fsp3) is 0.500. The fourth-order valence-corrected chi connectivity index (χ4v) is 3.77. The topological polar surface area (TPSA) is 47.3 Å². The molecule has 3 rings (SSSR count). The summed E-state index contributed by atoms with van der Waals surface area (Å²) in [5.74, 6) is 0. The second-order valence-electron chi connectivity index (χ2n) is 4.97. The fourth-order valence-electron chi connectivity index (χ4n) is 2.65. The van der Waals surface area contributed by atoms with Crippen LogP contribution in [-0.2, 0) is 11.2 Å². The number of aliphatic hydroxyl groups is 1. The number of nitrogens with zero attached hydrogens (tertiary/aromatic N) is 2. The van der Waals surface area contributed by atoms with Crippen LogP contribution in [0.1, 0.15) is 31.1 Å². The average Bonchev–Trinajstić information content (AvgIpc) is 2.88. The number of hydrogen-bond donors (Lipinski definition) is 1. The minimum atomic E-state index is -0.00657. The third kappa shape index (κ3) is 2.48. The highest BCUT2D eigenvalue weighted by molar-refractivity contribution is 9.10. The van der Waals surface area contributed by atoms with Gasteiger partial charge in [0.15, 0.2) is 6.23 Å². The summed E-state index contributed by atoms with van der Waals surface area (Å²) >= 11 is 9.91. The molecule has 1 aliphatic heterocycles. The highest BCUT2D eigenvalue weighted by Crippen LogP contribution is 2.36. The first-order chi connectivity index (χ1) is 9.72. The molecule has 4 nitrogen and oxygen atoms in total. The molecule has 0 saturated carbocycles. The summed E-state index contributed by atoms with van der Waals surface area (Å²) in [6.45, 7) is 0.854. The van der Waals surface area contributed by atoms with Crippen LogP contribution < -0.4 is 0 Å². The monoisotopic (exact) mass is 358 g/mol. The van der Waals surface area contributed by atoms with Crippen LogP contribution in [0.15, 0.2) is 16.7 Å². The molecular formula is C14H16BrClN2O2. The van der Waals surface area contributed by atoms with Crippen molar-refractivity contribution < 1.29 is 9.84 Å². The summed E-state index contributed by atoms with van der Waals surface area (Å²) < 4.78 is 8.61. The number of rotatable bonds is 3. The lowest BCUT2D eigenvalue weighted by atomic mass is 10.1. The van der Waals surface area contributed by atoms with Crippen LogP contribution in [0.3, 0.4) is 0 Å². The number of aromatic nitrogens is 2. The lowest BCUT2D eigenvalue weighted by Crippen LogP contribution is -2.19. The number of ether oxygens (including phenoxy) is 1. The van der Waals surface area contributed by atoms with Gasteiger partial charge in [0.1, 0.15) is 0 Å². The molecule has 0 bridgehead atoms. The number of benzene rings is 1. The van der Waals surface area contributed by atoms with Crippen molar-refractivity contribution in [2.75, 3.05) is 13.2 Å². The molecule has 108 valence electrons. The van der Waals surface area contributed by atoms with Gasteiger partial charge in [0, 0.05) is 28.1 Å². The van der Waals surface area contributed by atoms with Gasteiger partial charge < -0.3 is 9.84 Å². The Kier molecular flexibility index (Phi) is 4.31. The smallest absolute Gasteiger partial charge is 0.150 e. The number of fused-ring (bicyclic) bond motifs is 1. The van der Waals surface area contributed by atoms with Crippen molar-refractivity contribution in [3.63, 3.8) is 0 Å². The number of aliphatic hydroxyl groups excluding tert-OH is 1. The van der Waals surface area contributed by atoms with E-state index in [-0.39, 0.29) is 12.8 Å². The van der Waals surface area contributed by atoms with E-state index in [4.69, 9.17) is 21.4 Å². The maximum atomic E-state index is 9.13. The van der Waals surface area contributed by atoms with E-state index in [2.05, 4.69) is 21.0 Å². The molecule has 0 radical (unpaired) electrons. The zero-order valence-electron chi connectivity index (χ0n) is 11.0. The highest BCUT2D eigenvalue weighted by atomic mass is 79.9. The molecule has 2 aromatic rings. The van der Waals surface area contributed by atoms with Crippen LogP contribution >= 0.6 is 27.5 Å². The molecule has 0 aliphatic carbocycles. The van der Waals surface area contributed by atoms with Crippen LogP contribution in [0.2, 0.25) is 5.02 Å². The third-order valence-electron chi connectivity index (χ3n) is 3.68. The Morgan fingerprint density at radius 1 is 1.50 bits per heavy atom. The van der Waals surface area contributed by atoms with Gasteiger partial charge in [-0.3, -0.25) is 0 Å². The van der Waals surface area contributed by atoms with E-state index in [1.54, 1.807) is 0 Å². The normalized spacial score (nSPS) is 19.6. The molecule has 1 atom stereocenters. The molecule has 1 aromatic heterocycles. The van der Waals surface area contributed by atoms with Gasteiger partial charge in [-0.05, 0) is 53.2 Å². The maximum absolute atomic E-state index is 9.13. The first-order valence-electron chi connectivity index (χ1n) is 6.79. The van der Waals surface area contributed by atoms with Gasteiger partial charge in [-0.25, -0.2) is 4.68 Å². The SMILES string of the molecule is OCCc1c(Cl)cc2c(cnn2C2CCCCO2)c1Br. The number of hydrogen-bond acceptors (Lipinski definition) is 3. The summed E-state index contributed by atoms with van der Waals surface area (Å²) in [5.41, 5.74) is 1.89. The standard InChI is InChI=1S/C14H16BrClN2O2/c15-14-9(4-5-19)11(16)7-12-10(14)8-17-18(12)13-3-1-2-6-20-13/h7-8,13,19H,1-6H2. The van der Waals surface area contributed by atoms with Gasteiger partial charge in [0.2, 0.25) is 0 Å². The van der Waals surface area contributed by atoms with E-state index in [0.29, 0.717) is 11.4 Å². The van der Waals surface area contributed by atoms with Crippen molar-refractivity contribution >= 4 is 38.4 Å². The zero-order chi connectivity index (χ0) is 14.1. The molecule has 1 aliphatic rings. The third-order valence-corrected chi connectivity index (χ3v) is 4.92. The molecule has 1 unspecified atom stereocenters. The molecule has 6 heteroatoms. The first-order valence-corrected chi connectivity index (χ1v) is 7.96. The molecule has 20 heavy (non-hydrogen) atoms. The van der Waals surface area contributed by atoms with Crippen molar-refractivity contribution in [2.45, 2.75) is 31.9 Å². The average molecular weight is 360 g/mol. The highest BCUT2D eigenvalue weighted by Gasteiger charge is 2.21. The van der Waals surface area contributed by atoms with Gasteiger partial charge in [-0.2, -0.15) is 5.10 Å². The van der Waals surface area contributed by atoms with Crippen molar-refractivity contribution in [1.29, 1.82) is 0 Å². The predicted molar refractivity (Wildman–Crippen MR) is 82.1 cm³/mol. The Labute approximate surface area is 130 Å². The molecule has 0 spiro atoms. The van der Waals surface area contributed by atoms with Crippen molar-refractivity contribution in [1.82, 2.24) is 9.78 Å². The Balaban J connectivity index is 2.08. The van der Waals surface area contributed by atoms with E-state index in [1.165, 1.54) is 0 Å². The largest absolute Gasteiger partial charge is 0.396 e. The molecule has 0 amide bonds. The van der Waals surface area contributed by atoms with E-state index >= 15 is 0 Å². The second-order valence-corrected chi connectivity index (χ2v) is 6.17. The maximum Gasteiger partial charge on any atom is 0.150 e. The molecule has 1 fully saturated rings. The van der Waals surface area contributed by atoms with Crippen molar-refractivity contribution in [3.8, 4) is 0 Å². The first kappa shape index (κ1) is 14.3. The van der Waals surface area contributed by atoms with Gasteiger partial charge in [0.05, 0.1) is 11.7 Å². The Morgan fingerprint density at radius 2 is 2.35 bits per heavy atom. The molecule has 1 aromatic carbocycles. The molecule has 1 saturated heterocycles. The number of halogens is 2. The molecule has 2 heterocycles. The van der Waals surface area contributed by atoms with E-state index in [9.17, 15) is 0 Å². The summed E-state index contributed by atoms with van der Waals surface area (Å²) in [5, 5.41) is 15.2. The lowest BCUT2D eigenvalue weighted by molar-refractivity contribution is -0.0366. The van der Waals surface area contributed by atoms with Crippen LogP contribution in [0.5, 0.6) is 0 Å². The van der Waals surface area contributed by atoms with E-state index < -0.39 is 0 Å². The van der Waals surface area contributed by atoms with Crippen LogP contribution in [0, 0.1) is 0 Å². The van der Waals surface area contributed by atoms with Crippen LogP contribution in [0.4, 0.5) is 0 Å².